The molecule has 156 valence electrons. The van der Waals surface area contributed by atoms with E-state index in [0.717, 1.165) is 40.8 Å². The van der Waals surface area contributed by atoms with Crippen LogP contribution in [0.25, 0.3) is 5.00 Å². The van der Waals surface area contributed by atoms with Crippen molar-refractivity contribution in [3.63, 3.8) is 0 Å². The Balaban J connectivity index is 1.68. The first-order valence-corrected chi connectivity index (χ1v) is 11.1. The number of benzene rings is 1. The number of aliphatic carboxylic acids is 1. The SMILES string of the molecule is Cc1sc2c(c1C)C(c1ccc(CCCCC(=O)O)cc1)=NC(C)c1nnc(C)n1-2. The van der Waals surface area contributed by atoms with Gasteiger partial charge in [0.2, 0.25) is 0 Å². The summed E-state index contributed by atoms with van der Waals surface area (Å²) in [7, 11) is 0. The molecule has 0 fully saturated rings. The molecule has 4 rings (SSSR count). The number of hydrogen-bond donors (Lipinski definition) is 1. The van der Waals surface area contributed by atoms with Crippen LogP contribution in [0.4, 0.5) is 0 Å². The zero-order valence-corrected chi connectivity index (χ0v) is 18.6. The van der Waals surface area contributed by atoms with E-state index in [2.05, 4.69) is 59.8 Å². The lowest BCUT2D eigenvalue weighted by Gasteiger charge is -2.10. The standard InChI is InChI=1S/C23H26N4O2S/c1-13-15(3)30-23-20(13)21(24-14(2)22-26-25-16(4)27(22)23)18-11-9-17(10-12-18)7-5-6-8-19(28)29/h9-12,14H,5-8H2,1-4H3,(H,28,29). The number of unbranched alkanes of at least 4 members (excludes halogenated alkanes) is 1. The summed E-state index contributed by atoms with van der Waals surface area (Å²) in [5, 5.41) is 18.6. The fourth-order valence-electron chi connectivity index (χ4n) is 3.91. The van der Waals surface area contributed by atoms with Crippen molar-refractivity contribution in [1.29, 1.82) is 0 Å². The molecular formula is C23H26N4O2S. The molecule has 1 atom stereocenters. The molecule has 3 aromatic rings. The molecule has 2 aromatic heterocycles. The van der Waals surface area contributed by atoms with E-state index < -0.39 is 5.97 Å². The number of carboxylic acid groups (broad SMARTS) is 1. The molecule has 1 unspecified atom stereocenters. The van der Waals surface area contributed by atoms with Crippen LogP contribution in [-0.2, 0) is 11.2 Å². The highest BCUT2D eigenvalue weighted by molar-refractivity contribution is 7.15. The maximum Gasteiger partial charge on any atom is 0.303 e. The van der Waals surface area contributed by atoms with Crippen LogP contribution in [0.1, 0.15) is 71.0 Å². The minimum Gasteiger partial charge on any atom is -0.481 e. The molecule has 3 heterocycles. The van der Waals surface area contributed by atoms with Crippen molar-refractivity contribution in [3.05, 3.63) is 63.0 Å². The molecule has 0 aliphatic carbocycles. The quantitative estimate of drug-likeness (QED) is 0.569. The summed E-state index contributed by atoms with van der Waals surface area (Å²) in [4.78, 5) is 17.0. The zero-order valence-electron chi connectivity index (χ0n) is 17.8. The van der Waals surface area contributed by atoms with Crippen molar-refractivity contribution in [2.75, 3.05) is 0 Å². The fraction of sp³-hybridized carbons (Fsp3) is 0.391. The summed E-state index contributed by atoms with van der Waals surface area (Å²) in [6.45, 7) is 8.36. The van der Waals surface area contributed by atoms with Crippen molar-refractivity contribution >= 4 is 23.0 Å². The number of fused-ring (bicyclic) bond motifs is 3. The second kappa shape index (κ2) is 8.14. The van der Waals surface area contributed by atoms with Crippen LogP contribution in [0.3, 0.4) is 0 Å². The third kappa shape index (κ3) is 3.69. The van der Waals surface area contributed by atoms with Gasteiger partial charge in [0.1, 0.15) is 16.9 Å². The van der Waals surface area contributed by atoms with E-state index in [-0.39, 0.29) is 12.5 Å². The highest BCUT2D eigenvalue weighted by Gasteiger charge is 2.29. The van der Waals surface area contributed by atoms with Crippen molar-refractivity contribution in [2.45, 2.75) is 59.4 Å². The summed E-state index contributed by atoms with van der Waals surface area (Å²) in [5.41, 5.74) is 5.73. The van der Waals surface area contributed by atoms with Crippen molar-refractivity contribution < 1.29 is 9.90 Å². The van der Waals surface area contributed by atoms with Gasteiger partial charge >= 0.3 is 5.97 Å². The Morgan fingerprint density at radius 2 is 1.87 bits per heavy atom. The molecule has 7 heteroatoms. The lowest BCUT2D eigenvalue weighted by Crippen LogP contribution is -2.07. The van der Waals surface area contributed by atoms with E-state index in [9.17, 15) is 4.79 Å². The molecule has 0 amide bonds. The van der Waals surface area contributed by atoms with Crippen molar-refractivity contribution in [1.82, 2.24) is 14.8 Å². The molecule has 1 aromatic carbocycles. The molecule has 0 saturated carbocycles. The van der Waals surface area contributed by atoms with Gasteiger partial charge in [0.05, 0.1) is 5.71 Å². The van der Waals surface area contributed by atoms with E-state index in [0.29, 0.717) is 6.42 Å². The Hall–Kier alpha value is -2.80. The summed E-state index contributed by atoms with van der Waals surface area (Å²) in [6.07, 6.45) is 2.70. The second-order valence-electron chi connectivity index (χ2n) is 7.86. The fourth-order valence-corrected chi connectivity index (χ4v) is 5.13. The number of hydrogen-bond acceptors (Lipinski definition) is 5. The Morgan fingerprint density at radius 1 is 1.13 bits per heavy atom. The van der Waals surface area contributed by atoms with Gasteiger partial charge in [-0.05, 0) is 58.1 Å². The van der Waals surface area contributed by atoms with Crippen LogP contribution >= 0.6 is 11.3 Å². The highest BCUT2D eigenvalue weighted by atomic mass is 32.1. The number of carbonyl (C=O) groups is 1. The lowest BCUT2D eigenvalue weighted by atomic mass is 9.97. The molecule has 1 aliphatic heterocycles. The Morgan fingerprint density at radius 3 is 2.57 bits per heavy atom. The number of rotatable bonds is 6. The van der Waals surface area contributed by atoms with Gasteiger partial charge in [0.15, 0.2) is 5.82 Å². The average Bonchev–Trinajstić information content (AvgIpc) is 3.19. The van der Waals surface area contributed by atoms with E-state index >= 15 is 0 Å². The van der Waals surface area contributed by atoms with Gasteiger partial charge in [-0.1, -0.05) is 24.3 Å². The number of aliphatic imine (C=N–C) groups is 1. The molecule has 30 heavy (non-hydrogen) atoms. The predicted molar refractivity (Wildman–Crippen MR) is 119 cm³/mol. The van der Waals surface area contributed by atoms with Crippen LogP contribution in [0.2, 0.25) is 0 Å². The van der Waals surface area contributed by atoms with Crippen LogP contribution in [0.5, 0.6) is 0 Å². The normalized spacial score (nSPS) is 15.3. The van der Waals surface area contributed by atoms with Gasteiger partial charge in [-0.3, -0.25) is 14.4 Å². The van der Waals surface area contributed by atoms with Gasteiger partial charge < -0.3 is 5.11 Å². The summed E-state index contributed by atoms with van der Waals surface area (Å²) >= 11 is 1.77. The third-order valence-electron chi connectivity index (χ3n) is 5.69. The first kappa shape index (κ1) is 20.5. The number of nitrogens with zero attached hydrogens (tertiary/aromatic N) is 4. The largest absolute Gasteiger partial charge is 0.481 e. The van der Waals surface area contributed by atoms with Crippen molar-refractivity contribution in [2.24, 2.45) is 4.99 Å². The maximum absolute atomic E-state index is 10.7. The zero-order chi connectivity index (χ0) is 21.4. The Kier molecular flexibility index (Phi) is 5.56. The molecule has 0 radical (unpaired) electrons. The molecule has 0 bridgehead atoms. The number of aromatic nitrogens is 3. The smallest absolute Gasteiger partial charge is 0.303 e. The van der Waals surface area contributed by atoms with Crippen LogP contribution in [0.15, 0.2) is 29.3 Å². The predicted octanol–water partition coefficient (Wildman–Crippen LogP) is 4.96. The van der Waals surface area contributed by atoms with Gasteiger partial charge in [-0.2, -0.15) is 0 Å². The lowest BCUT2D eigenvalue weighted by molar-refractivity contribution is -0.137. The average molecular weight is 423 g/mol. The third-order valence-corrected chi connectivity index (χ3v) is 6.88. The molecule has 6 nitrogen and oxygen atoms in total. The first-order valence-electron chi connectivity index (χ1n) is 10.3. The van der Waals surface area contributed by atoms with E-state index in [1.807, 2.05) is 6.92 Å². The van der Waals surface area contributed by atoms with Crippen LogP contribution in [0, 0.1) is 20.8 Å². The maximum atomic E-state index is 10.7. The summed E-state index contributed by atoms with van der Waals surface area (Å²) in [5.74, 6) is 1.03. The molecule has 0 saturated heterocycles. The van der Waals surface area contributed by atoms with Crippen LogP contribution in [-0.4, -0.2) is 31.6 Å². The minimum atomic E-state index is -0.728. The van der Waals surface area contributed by atoms with E-state index in [1.54, 1.807) is 11.3 Å². The number of aryl methyl sites for hydroxylation is 3. The van der Waals surface area contributed by atoms with Gasteiger partial charge in [0, 0.05) is 22.4 Å². The van der Waals surface area contributed by atoms with E-state index in [1.165, 1.54) is 21.6 Å². The Bertz CT molecular complexity index is 1130. The minimum absolute atomic E-state index is 0.0869. The number of thiophene rings is 1. The highest BCUT2D eigenvalue weighted by Crippen LogP contribution is 2.38. The van der Waals surface area contributed by atoms with Crippen LogP contribution < -0.4 is 0 Å². The first-order chi connectivity index (χ1) is 14.4. The van der Waals surface area contributed by atoms with Crippen molar-refractivity contribution in [3.8, 4) is 5.00 Å². The monoisotopic (exact) mass is 422 g/mol. The number of carboxylic acids is 1. The topological polar surface area (TPSA) is 80.4 Å². The molecule has 1 N–H and O–H groups in total. The van der Waals surface area contributed by atoms with Gasteiger partial charge in [0.25, 0.3) is 0 Å². The van der Waals surface area contributed by atoms with E-state index in [4.69, 9.17) is 10.1 Å². The Labute approximate surface area is 180 Å². The molecule has 0 spiro atoms. The van der Waals surface area contributed by atoms with Gasteiger partial charge in [-0.25, -0.2) is 0 Å². The second-order valence-corrected chi connectivity index (χ2v) is 9.06. The molecular weight excluding hydrogens is 396 g/mol. The van der Waals surface area contributed by atoms with Gasteiger partial charge in [-0.15, -0.1) is 21.5 Å². The summed E-state index contributed by atoms with van der Waals surface area (Å²) in [6, 6.07) is 8.44. The summed E-state index contributed by atoms with van der Waals surface area (Å²) < 4.78 is 2.15. The molecule has 1 aliphatic rings.